The van der Waals surface area contributed by atoms with E-state index in [0.29, 0.717) is 24.7 Å². The third-order valence-corrected chi connectivity index (χ3v) is 3.23. The van der Waals surface area contributed by atoms with Gasteiger partial charge in [-0.1, -0.05) is 11.6 Å². The second kappa shape index (κ2) is 5.18. The average Bonchev–Trinajstić information content (AvgIpc) is 2.61. The summed E-state index contributed by atoms with van der Waals surface area (Å²) >= 11 is 6.06. The molecule has 0 amide bonds. The van der Waals surface area contributed by atoms with E-state index < -0.39 is 12.2 Å². The Balaban J connectivity index is 2.08. The summed E-state index contributed by atoms with van der Waals surface area (Å²) in [5.74, 6) is 0.754. The van der Waals surface area contributed by atoms with Gasteiger partial charge in [0.05, 0.1) is 22.9 Å². The van der Waals surface area contributed by atoms with Crippen LogP contribution in [0.15, 0.2) is 12.1 Å². The molecule has 0 saturated carbocycles. The van der Waals surface area contributed by atoms with Crippen LogP contribution in [0.2, 0.25) is 5.02 Å². The number of hydrogen-bond acceptors (Lipinski definition) is 5. The van der Waals surface area contributed by atoms with E-state index in [9.17, 15) is 10.2 Å². The van der Waals surface area contributed by atoms with E-state index in [-0.39, 0.29) is 0 Å². The number of aliphatic hydroxyl groups is 2. The number of likely N-dealkylation sites (tertiary alicyclic amines) is 1. The lowest BCUT2D eigenvalue weighted by Gasteiger charge is -2.15. The van der Waals surface area contributed by atoms with Crippen molar-refractivity contribution in [1.29, 1.82) is 0 Å². The van der Waals surface area contributed by atoms with Crippen molar-refractivity contribution in [2.75, 3.05) is 25.5 Å². The number of hydrogen-bond donors (Lipinski definition) is 3. The summed E-state index contributed by atoms with van der Waals surface area (Å²) in [6, 6.07) is 3.60. The predicted octanol–water partition coefficient (Wildman–Crippen LogP) is 0.314. The topological polar surface area (TPSA) is 68.6 Å². The molecule has 0 aromatic carbocycles. The second-order valence-corrected chi connectivity index (χ2v) is 4.61. The lowest BCUT2D eigenvalue weighted by atomic mass is 10.3. The summed E-state index contributed by atoms with van der Waals surface area (Å²) < 4.78 is 0. The summed E-state index contributed by atoms with van der Waals surface area (Å²) in [4.78, 5) is 6.29. The number of aliphatic hydroxyl groups excluding tert-OH is 2. The van der Waals surface area contributed by atoms with E-state index in [0.717, 1.165) is 11.5 Å². The molecule has 0 aliphatic carbocycles. The molecule has 0 spiro atoms. The first kappa shape index (κ1) is 12.6. The molecule has 1 aromatic rings. The van der Waals surface area contributed by atoms with Crippen molar-refractivity contribution in [3.05, 3.63) is 22.8 Å². The number of nitrogens with one attached hydrogen (secondary N) is 1. The number of nitrogens with zero attached hydrogens (tertiary/aromatic N) is 2. The van der Waals surface area contributed by atoms with E-state index in [2.05, 4.69) is 10.3 Å². The van der Waals surface area contributed by atoms with Gasteiger partial charge in [0.1, 0.15) is 5.82 Å². The van der Waals surface area contributed by atoms with Crippen molar-refractivity contribution in [2.45, 2.75) is 18.8 Å². The zero-order valence-corrected chi connectivity index (χ0v) is 10.4. The molecular formula is C11H16ClN3O2. The van der Waals surface area contributed by atoms with Crippen LogP contribution in [0, 0.1) is 0 Å². The lowest BCUT2D eigenvalue weighted by molar-refractivity contribution is 0.0572. The Hall–Kier alpha value is -0.880. The molecule has 6 heteroatoms. The van der Waals surface area contributed by atoms with Gasteiger partial charge < -0.3 is 15.5 Å². The first-order valence-electron chi connectivity index (χ1n) is 5.52. The maximum Gasteiger partial charge on any atom is 0.126 e. The smallest absolute Gasteiger partial charge is 0.126 e. The van der Waals surface area contributed by atoms with Crippen LogP contribution in [-0.2, 0) is 6.54 Å². The fourth-order valence-corrected chi connectivity index (χ4v) is 2.09. The zero-order valence-electron chi connectivity index (χ0n) is 9.60. The highest BCUT2D eigenvalue weighted by molar-refractivity contribution is 6.31. The minimum atomic E-state index is -0.679. The van der Waals surface area contributed by atoms with E-state index in [4.69, 9.17) is 11.6 Å². The number of halogens is 1. The highest BCUT2D eigenvalue weighted by Crippen LogP contribution is 2.20. The summed E-state index contributed by atoms with van der Waals surface area (Å²) in [6.45, 7) is 1.42. The van der Waals surface area contributed by atoms with Gasteiger partial charge in [-0.15, -0.1) is 0 Å². The summed E-state index contributed by atoms with van der Waals surface area (Å²) in [6.07, 6.45) is -1.36. The largest absolute Gasteiger partial charge is 0.389 e. The monoisotopic (exact) mass is 257 g/mol. The van der Waals surface area contributed by atoms with Crippen molar-refractivity contribution < 1.29 is 10.2 Å². The highest BCUT2D eigenvalue weighted by atomic mass is 35.5. The Morgan fingerprint density at radius 1 is 1.41 bits per heavy atom. The molecule has 94 valence electrons. The molecule has 0 bridgehead atoms. The maximum atomic E-state index is 9.46. The number of rotatable bonds is 3. The number of aromatic nitrogens is 1. The number of pyridine rings is 1. The Kier molecular flexibility index (Phi) is 3.83. The third-order valence-electron chi connectivity index (χ3n) is 2.88. The highest BCUT2D eigenvalue weighted by Gasteiger charge is 2.29. The van der Waals surface area contributed by atoms with Crippen LogP contribution < -0.4 is 5.32 Å². The van der Waals surface area contributed by atoms with Gasteiger partial charge >= 0.3 is 0 Å². The number of β-amino-alcohol motifs (C(OH)–C–C–N with tert-alkyl or cyclic N) is 2. The molecule has 1 aliphatic heterocycles. The predicted molar refractivity (Wildman–Crippen MR) is 66.1 cm³/mol. The molecule has 2 atom stereocenters. The molecule has 5 nitrogen and oxygen atoms in total. The van der Waals surface area contributed by atoms with Gasteiger partial charge in [-0.05, 0) is 12.1 Å². The Morgan fingerprint density at radius 3 is 2.65 bits per heavy atom. The van der Waals surface area contributed by atoms with E-state index in [1.165, 1.54) is 0 Å². The molecule has 0 radical (unpaired) electrons. The Bertz CT molecular complexity index is 392. The van der Waals surface area contributed by atoms with Gasteiger partial charge in [0.15, 0.2) is 0 Å². The zero-order chi connectivity index (χ0) is 12.4. The van der Waals surface area contributed by atoms with Gasteiger partial charge in [0.25, 0.3) is 0 Å². The molecule has 17 heavy (non-hydrogen) atoms. The van der Waals surface area contributed by atoms with E-state index >= 15 is 0 Å². The summed E-state index contributed by atoms with van der Waals surface area (Å²) in [7, 11) is 1.80. The molecule has 3 N–H and O–H groups in total. The van der Waals surface area contributed by atoms with Crippen LogP contribution in [0.5, 0.6) is 0 Å². The molecule has 2 heterocycles. The quantitative estimate of drug-likeness (QED) is 0.727. The van der Waals surface area contributed by atoms with Crippen molar-refractivity contribution in [3.8, 4) is 0 Å². The average molecular weight is 258 g/mol. The van der Waals surface area contributed by atoms with Crippen molar-refractivity contribution in [1.82, 2.24) is 9.88 Å². The van der Waals surface area contributed by atoms with Gasteiger partial charge in [0.2, 0.25) is 0 Å². The van der Waals surface area contributed by atoms with Crippen LogP contribution in [-0.4, -0.2) is 52.4 Å². The van der Waals surface area contributed by atoms with Crippen molar-refractivity contribution in [3.63, 3.8) is 0 Å². The van der Waals surface area contributed by atoms with Gasteiger partial charge in [0, 0.05) is 26.7 Å². The molecule has 2 unspecified atom stereocenters. The molecule has 1 saturated heterocycles. The van der Waals surface area contributed by atoms with Gasteiger partial charge in [-0.2, -0.15) is 0 Å². The minimum absolute atomic E-state index is 0.447. The van der Waals surface area contributed by atoms with Gasteiger partial charge in [-0.25, -0.2) is 4.98 Å². The van der Waals surface area contributed by atoms with E-state index in [1.54, 1.807) is 19.2 Å². The number of anilines is 1. The van der Waals surface area contributed by atoms with Crippen LogP contribution in [0.25, 0.3) is 0 Å². The fourth-order valence-electron chi connectivity index (χ4n) is 1.92. The van der Waals surface area contributed by atoms with Crippen LogP contribution >= 0.6 is 11.6 Å². The maximum absolute atomic E-state index is 9.46. The second-order valence-electron chi connectivity index (χ2n) is 4.20. The van der Waals surface area contributed by atoms with E-state index in [1.807, 2.05) is 4.90 Å². The standard InChI is InChI=1S/C11H16ClN3O2/c1-13-11-3-2-7(12)8(14-11)4-15-5-9(16)10(17)6-15/h2-3,9-10,16-17H,4-6H2,1H3,(H,13,14). The lowest BCUT2D eigenvalue weighted by Crippen LogP contribution is -2.22. The minimum Gasteiger partial charge on any atom is -0.389 e. The molecule has 2 rings (SSSR count). The third kappa shape index (κ3) is 2.87. The summed E-state index contributed by atoms with van der Waals surface area (Å²) in [5.41, 5.74) is 0.750. The SMILES string of the molecule is CNc1ccc(Cl)c(CN2CC(O)C(O)C2)n1. The van der Waals surface area contributed by atoms with Gasteiger partial charge in [-0.3, -0.25) is 4.90 Å². The molecule has 1 fully saturated rings. The van der Waals surface area contributed by atoms with Crippen LogP contribution in [0.1, 0.15) is 5.69 Å². The molecule has 1 aromatic heterocycles. The van der Waals surface area contributed by atoms with Crippen LogP contribution in [0.3, 0.4) is 0 Å². The normalized spacial score (nSPS) is 25.2. The summed E-state index contributed by atoms with van der Waals surface area (Å²) in [5, 5.41) is 22.5. The Morgan fingerprint density at radius 2 is 2.06 bits per heavy atom. The first-order valence-corrected chi connectivity index (χ1v) is 5.89. The fraction of sp³-hybridized carbons (Fsp3) is 0.545. The molecule has 1 aliphatic rings. The van der Waals surface area contributed by atoms with Crippen molar-refractivity contribution in [2.24, 2.45) is 0 Å². The van der Waals surface area contributed by atoms with Crippen molar-refractivity contribution >= 4 is 17.4 Å². The first-order chi connectivity index (χ1) is 8.10. The Labute approximate surface area is 105 Å². The van der Waals surface area contributed by atoms with Crippen LogP contribution in [0.4, 0.5) is 5.82 Å². The molecular weight excluding hydrogens is 242 g/mol.